The maximum atomic E-state index is 11.9. The first kappa shape index (κ1) is 11.9. The molecule has 4 heteroatoms. The summed E-state index contributed by atoms with van der Waals surface area (Å²) in [5, 5.41) is 0. The number of hydrogen-bond acceptors (Lipinski definition) is 2. The van der Waals surface area contributed by atoms with Crippen molar-refractivity contribution >= 4 is 5.69 Å². The van der Waals surface area contributed by atoms with Crippen LogP contribution in [0.5, 0.6) is 0 Å². The van der Waals surface area contributed by atoms with E-state index in [-0.39, 0.29) is 11.1 Å². The van der Waals surface area contributed by atoms with Crippen molar-refractivity contribution in [3.8, 4) is 0 Å². The van der Waals surface area contributed by atoms with Crippen molar-refractivity contribution in [2.24, 2.45) is 0 Å². The fraction of sp³-hybridized carbons (Fsp3) is 0.727. The highest BCUT2D eigenvalue weighted by Gasteiger charge is 2.23. The highest BCUT2D eigenvalue weighted by Crippen LogP contribution is 2.16. The fourth-order valence-corrected chi connectivity index (χ4v) is 1.81. The highest BCUT2D eigenvalue weighted by molar-refractivity contribution is 5.40. The SMILES string of the molecule is CCCn1c(C)c(N)c(=O)n1C(C)(C)C. The Labute approximate surface area is 90.7 Å². The molecule has 0 unspecified atom stereocenters. The number of nitrogens with two attached hydrogens (primary N) is 1. The summed E-state index contributed by atoms with van der Waals surface area (Å²) in [6.45, 7) is 10.9. The lowest BCUT2D eigenvalue weighted by Gasteiger charge is -2.25. The molecule has 0 fully saturated rings. The van der Waals surface area contributed by atoms with Gasteiger partial charge in [-0.25, -0.2) is 4.68 Å². The summed E-state index contributed by atoms with van der Waals surface area (Å²) >= 11 is 0. The minimum absolute atomic E-state index is 0.0755. The Morgan fingerprint density at radius 2 is 1.87 bits per heavy atom. The van der Waals surface area contributed by atoms with Crippen LogP contribution >= 0.6 is 0 Å². The molecule has 0 aliphatic rings. The molecular formula is C11H21N3O. The van der Waals surface area contributed by atoms with Crippen molar-refractivity contribution in [1.29, 1.82) is 0 Å². The van der Waals surface area contributed by atoms with Crippen LogP contribution < -0.4 is 11.3 Å². The van der Waals surface area contributed by atoms with Crippen molar-refractivity contribution < 1.29 is 0 Å². The van der Waals surface area contributed by atoms with Gasteiger partial charge >= 0.3 is 0 Å². The molecule has 0 aliphatic heterocycles. The van der Waals surface area contributed by atoms with Gasteiger partial charge in [-0.3, -0.25) is 9.48 Å². The van der Waals surface area contributed by atoms with Crippen molar-refractivity contribution in [1.82, 2.24) is 9.36 Å². The molecule has 0 aliphatic carbocycles. The predicted octanol–water partition coefficient (Wildman–Crippen LogP) is 1.71. The molecule has 0 aromatic carbocycles. The lowest BCUT2D eigenvalue weighted by Crippen LogP contribution is -2.37. The summed E-state index contributed by atoms with van der Waals surface area (Å²) in [5.41, 5.74) is 6.72. The molecule has 4 nitrogen and oxygen atoms in total. The number of nitrogen functional groups attached to an aromatic ring is 1. The van der Waals surface area contributed by atoms with Crippen LogP contribution in [-0.2, 0) is 12.1 Å². The number of nitrogens with zero attached hydrogens (tertiary/aromatic N) is 2. The molecule has 15 heavy (non-hydrogen) atoms. The zero-order chi connectivity index (χ0) is 11.8. The van der Waals surface area contributed by atoms with Crippen LogP contribution in [0.1, 0.15) is 39.8 Å². The second kappa shape index (κ2) is 3.76. The van der Waals surface area contributed by atoms with E-state index in [1.54, 1.807) is 4.68 Å². The van der Waals surface area contributed by atoms with Crippen LogP contribution in [0.15, 0.2) is 4.79 Å². The molecule has 0 bridgehead atoms. The predicted molar refractivity (Wildman–Crippen MR) is 63.1 cm³/mol. The van der Waals surface area contributed by atoms with E-state index >= 15 is 0 Å². The van der Waals surface area contributed by atoms with E-state index in [9.17, 15) is 4.79 Å². The first-order chi connectivity index (χ1) is 6.80. The number of anilines is 1. The van der Waals surface area contributed by atoms with Crippen LogP contribution in [0.25, 0.3) is 0 Å². The first-order valence-electron chi connectivity index (χ1n) is 5.39. The third-order valence-electron chi connectivity index (χ3n) is 2.51. The van der Waals surface area contributed by atoms with Gasteiger partial charge in [0, 0.05) is 6.54 Å². The summed E-state index contributed by atoms with van der Waals surface area (Å²) < 4.78 is 3.73. The molecule has 86 valence electrons. The van der Waals surface area contributed by atoms with Gasteiger partial charge in [-0.15, -0.1) is 0 Å². The normalized spacial score (nSPS) is 12.1. The Bertz CT molecular complexity index is 407. The highest BCUT2D eigenvalue weighted by atomic mass is 16.1. The minimum Gasteiger partial charge on any atom is -0.393 e. The monoisotopic (exact) mass is 211 g/mol. The molecule has 0 saturated carbocycles. The maximum Gasteiger partial charge on any atom is 0.290 e. The molecule has 1 aromatic heterocycles. The number of hydrogen-bond donors (Lipinski definition) is 1. The van der Waals surface area contributed by atoms with Gasteiger partial charge in [0.05, 0.1) is 11.2 Å². The van der Waals surface area contributed by atoms with Gasteiger partial charge in [-0.2, -0.15) is 0 Å². The molecule has 1 aromatic rings. The van der Waals surface area contributed by atoms with Gasteiger partial charge < -0.3 is 5.73 Å². The summed E-state index contributed by atoms with van der Waals surface area (Å²) in [4.78, 5) is 11.9. The van der Waals surface area contributed by atoms with Crippen molar-refractivity contribution in [3.05, 3.63) is 16.0 Å². The van der Waals surface area contributed by atoms with E-state index in [1.165, 1.54) is 0 Å². The molecule has 2 N–H and O–H groups in total. The zero-order valence-electron chi connectivity index (χ0n) is 10.3. The van der Waals surface area contributed by atoms with Gasteiger partial charge in [0.15, 0.2) is 0 Å². The lowest BCUT2D eigenvalue weighted by molar-refractivity contribution is 0.280. The van der Waals surface area contributed by atoms with E-state index in [4.69, 9.17) is 5.73 Å². The number of rotatable bonds is 2. The van der Waals surface area contributed by atoms with E-state index in [2.05, 4.69) is 6.92 Å². The summed E-state index contributed by atoms with van der Waals surface area (Å²) in [6.07, 6.45) is 0.991. The van der Waals surface area contributed by atoms with Crippen LogP contribution in [0, 0.1) is 6.92 Å². The standard InChI is InChI=1S/C11H21N3O/c1-6-7-13-8(2)9(12)10(15)14(13)11(3,4)5/h6-7,12H2,1-5H3. The quantitative estimate of drug-likeness (QED) is 0.809. The Morgan fingerprint density at radius 1 is 1.33 bits per heavy atom. The molecule has 0 saturated heterocycles. The summed E-state index contributed by atoms with van der Waals surface area (Å²) in [5.74, 6) is 0. The molecule has 1 rings (SSSR count). The average Bonchev–Trinajstić information content (AvgIpc) is 2.30. The molecule has 0 radical (unpaired) electrons. The van der Waals surface area contributed by atoms with Crippen LogP contribution in [-0.4, -0.2) is 9.36 Å². The molecule has 0 amide bonds. The van der Waals surface area contributed by atoms with E-state index in [0.29, 0.717) is 5.69 Å². The van der Waals surface area contributed by atoms with E-state index in [1.807, 2.05) is 32.4 Å². The fourth-order valence-electron chi connectivity index (χ4n) is 1.81. The Kier molecular flexibility index (Phi) is 2.98. The Balaban J connectivity index is 3.48. The Morgan fingerprint density at radius 3 is 2.27 bits per heavy atom. The molecular weight excluding hydrogens is 190 g/mol. The minimum atomic E-state index is -0.228. The topological polar surface area (TPSA) is 52.9 Å². The Hall–Kier alpha value is -1.19. The summed E-state index contributed by atoms with van der Waals surface area (Å²) in [7, 11) is 0. The largest absolute Gasteiger partial charge is 0.393 e. The summed E-state index contributed by atoms with van der Waals surface area (Å²) in [6, 6.07) is 0. The third-order valence-corrected chi connectivity index (χ3v) is 2.51. The van der Waals surface area contributed by atoms with E-state index < -0.39 is 0 Å². The third kappa shape index (κ3) is 1.94. The smallest absolute Gasteiger partial charge is 0.290 e. The van der Waals surface area contributed by atoms with Crippen LogP contribution in [0.2, 0.25) is 0 Å². The van der Waals surface area contributed by atoms with Crippen molar-refractivity contribution in [2.75, 3.05) is 5.73 Å². The molecule has 1 heterocycles. The molecule has 0 atom stereocenters. The van der Waals surface area contributed by atoms with Crippen LogP contribution in [0.3, 0.4) is 0 Å². The average molecular weight is 211 g/mol. The first-order valence-corrected chi connectivity index (χ1v) is 5.39. The molecule has 0 spiro atoms. The van der Waals surface area contributed by atoms with Gasteiger partial charge in [0.1, 0.15) is 5.69 Å². The lowest BCUT2D eigenvalue weighted by atomic mass is 10.1. The van der Waals surface area contributed by atoms with Gasteiger partial charge in [-0.05, 0) is 34.1 Å². The van der Waals surface area contributed by atoms with Gasteiger partial charge in [0.25, 0.3) is 5.56 Å². The number of aromatic nitrogens is 2. The van der Waals surface area contributed by atoms with Gasteiger partial charge in [-0.1, -0.05) is 6.92 Å². The second-order valence-corrected chi connectivity index (χ2v) is 4.91. The van der Waals surface area contributed by atoms with Crippen LogP contribution in [0.4, 0.5) is 5.69 Å². The van der Waals surface area contributed by atoms with E-state index in [0.717, 1.165) is 18.7 Å². The second-order valence-electron chi connectivity index (χ2n) is 4.91. The van der Waals surface area contributed by atoms with Crippen molar-refractivity contribution in [2.45, 2.75) is 53.1 Å². The maximum absolute atomic E-state index is 11.9. The van der Waals surface area contributed by atoms with Gasteiger partial charge in [0.2, 0.25) is 0 Å². The zero-order valence-corrected chi connectivity index (χ0v) is 10.3. The van der Waals surface area contributed by atoms with Crippen molar-refractivity contribution in [3.63, 3.8) is 0 Å².